The third-order valence-electron chi connectivity index (χ3n) is 2.06. The minimum atomic E-state index is 0.681. The molecular formula is C11H13ClN2. The van der Waals surface area contributed by atoms with Crippen LogP contribution in [0.5, 0.6) is 0 Å². The lowest BCUT2D eigenvalue weighted by Crippen LogP contribution is -2.18. The number of benzene rings is 1. The number of nitriles is 1. The first-order valence-corrected chi connectivity index (χ1v) is 5.08. The zero-order valence-electron chi connectivity index (χ0n) is 8.20. The Balaban J connectivity index is 2.63. The molecule has 0 aliphatic carbocycles. The van der Waals surface area contributed by atoms with Gasteiger partial charge in [-0.1, -0.05) is 0 Å². The maximum atomic E-state index is 8.63. The second-order valence-electron chi connectivity index (χ2n) is 3.12. The molecule has 0 N–H and O–H groups in total. The molecular weight excluding hydrogens is 196 g/mol. The van der Waals surface area contributed by atoms with Crippen molar-refractivity contribution in [2.75, 3.05) is 24.4 Å². The SMILES string of the molecule is CN(CCCCl)c1ccc(C#N)cc1. The Kier molecular flexibility index (Phi) is 4.28. The first-order chi connectivity index (χ1) is 6.77. The summed E-state index contributed by atoms with van der Waals surface area (Å²) in [5.41, 5.74) is 1.81. The van der Waals surface area contributed by atoms with E-state index < -0.39 is 0 Å². The summed E-state index contributed by atoms with van der Waals surface area (Å²) in [6, 6.07) is 9.65. The maximum Gasteiger partial charge on any atom is 0.0991 e. The molecule has 0 saturated heterocycles. The van der Waals surface area contributed by atoms with Gasteiger partial charge >= 0.3 is 0 Å². The van der Waals surface area contributed by atoms with Gasteiger partial charge in [-0.3, -0.25) is 0 Å². The van der Waals surface area contributed by atoms with E-state index in [2.05, 4.69) is 11.0 Å². The van der Waals surface area contributed by atoms with E-state index in [1.165, 1.54) is 0 Å². The summed E-state index contributed by atoms with van der Waals surface area (Å²) in [4.78, 5) is 2.13. The first kappa shape index (κ1) is 10.9. The second-order valence-corrected chi connectivity index (χ2v) is 3.50. The van der Waals surface area contributed by atoms with Crippen LogP contribution in [0.15, 0.2) is 24.3 Å². The van der Waals surface area contributed by atoms with Crippen LogP contribution >= 0.6 is 11.6 Å². The summed E-state index contributed by atoms with van der Waals surface area (Å²) in [6.45, 7) is 0.940. The van der Waals surface area contributed by atoms with Gasteiger partial charge in [0.1, 0.15) is 0 Å². The van der Waals surface area contributed by atoms with E-state index in [9.17, 15) is 0 Å². The summed E-state index contributed by atoms with van der Waals surface area (Å²) in [5.74, 6) is 0.681. The van der Waals surface area contributed by atoms with Crippen LogP contribution in [-0.2, 0) is 0 Å². The van der Waals surface area contributed by atoms with Crippen LogP contribution in [-0.4, -0.2) is 19.5 Å². The number of hydrogen-bond donors (Lipinski definition) is 0. The summed E-state index contributed by atoms with van der Waals surface area (Å²) in [7, 11) is 2.02. The zero-order valence-corrected chi connectivity index (χ0v) is 8.96. The van der Waals surface area contributed by atoms with E-state index in [1.807, 2.05) is 31.3 Å². The van der Waals surface area contributed by atoms with Crippen molar-refractivity contribution in [2.45, 2.75) is 6.42 Å². The van der Waals surface area contributed by atoms with Crippen LogP contribution < -0.4 is 4.90 Å². The van der Waals surface area contributed by atoms with Crippen molar-refractivity contribution >= 4 is 17.3 Å². The lowest BCUT2D eigenvalue weighted by molar-refractivity contribution is 0.857. The molecule has 0 spiro atoms. The average molecular weight is 209 g/mol. The Bertz CT molecular complexity index is 313. The molecule has 0 aliphatic rings. The molecule has 0 heterocycles. The maximum absolute atomic E-state index is 8.63. The molecule has 0 fully saturated rings. The third-order valence-corrected chi connectivity index (χ3v) is 2.33. The molecule has 0 radical (unpaired) electrons. The number of halogens is 1. The predicted molar refractivity (Wildman–Crippen MR) is 59.8 cm³/mol. The normalized spacial score (nSPS) is 9.50. The van der Waals surface area contributed by atoms with Crippen molar-refractivity contribution in [3.63, 3.8) is 0 Å². The van der Waals surface area contributed by atoms with Gasteiger partial charge in [-0.05, 0) is 30.7 Å². The average Bonchev–Trinajstić information content (AvgIpc) is 2.26. The molecule has 2 nitrogen and oxygen atoms in total. The number of nitrogens with zero attached hydrogens (tertiary/aromatic N) is 2. The van der Waals surface area contributed by atoms with Crippen LogP contribution in [0, 0.1) is 11.3 Å². The fourth-order valence-corrected chi connectivity index (χ4v) is 1.34. The number of hydrogen-bond acceptors (Lipinski definition) is 2. The smallest absolute Gasteiger partial charge is 0.0991 e. The van der Waals surface area contributed by atoms with Gasteiger partial charge in [-0.25, -0.2) is 0 Å². The molecule has 0 aromatic heterocycles. The van der Waals surface area contributed by atoms with Crippen LogP contribution in [0.1, 0.15) is 12.0 Å². The fraction of sp³-hybridized carbons (Fsp3) is 0.364. The highest BCUT2D eigenvalue weighted by molar-refractivity contribution is 6.17. The van der Waals surface area contributed by atoms with Gasteiger partial charge in [0.15, 0.2) is 0 Å². The Morgan fingerprint density at radius 2 is 2.00 bits per heavy atom. The van der Waals surface area contributed by atoms with Crippen molar-refractivity contribution < 1.29 is 0 Å². The Morgan fingerprint density at radius 1 is 1.36 bits per heavy atom. The number of alkyl halides is 1. The second kappa shape index (κ2) is 5.51. The molecule has 0 unspecified atom stereocenters. The molecule has 1 rings (SSSR count). The highest BCUT2D eigenvalue weighted by atomic mass is 35.5. The standard InChI is InChI=1S/C11H13ClN2/c1-14(8-2-7-12)11-5-3-10(9-13)4-6-11/h3-6H,2,7-8H2,1H3. The molecule has 0 saturated carbocycles. The van der Waals surface area contributed by atoms with E-state index in [0.717, 1.165) is 18.7 Å². The molecule has 3 heteroatoms. The largest absolute Gasteiger partial charge is 0.375 e. The molecule has 0 bridgehead atoms. The minimum Gasteiger partial charge on any atom is -0.375 e. The van der Waals surface area contributed by atoms with Crippen LogP contribution in [0.25, 0.3) is 0 Å². The van der Waals surface area contributed by atoms with Crippen LogP contribution in [0.3, 0.4) is 0 Å². The Morgan fingerprint density at radius 3 is 2.50 bits per heavy atom. The molecule has 1 aromatic rings. The molecule has 0 amide bonds. The molecule has 1 aromatic carbocycles. The highest BCUT2D eigenvalue weighted by Gasteiger charge is 1.99. The van der Waals surface area contributed by atoms with Crippen molar-refractivity contribution in [1.29, 1.82) is 5.26 Å². The summed E-state index contributed by atoms with van der Waals surface area (Å²) in [6.07, 6.45) is 0.970. The van der Waals surface area contributed by atoms with Crippen molar-refractivity contribution in [2.24, 2.45) is 0 Å². The van der Waals surface area contributed by atoms with Gasteiger partial charge in [0.05, 0.1) is 11.6 Å². The van der Waals surface area contributed by atoms with E-state index in [-0.39, 0.29) is 0 Å². The van der Waals surface area contributed by atoms with E-state index in [4.69, 9.17) is 16.9 Å². The summed E-state index contributed by atoms with van der Waals surface area (Å²) in [5, 5.41) is 8.63. The monoisotopic (exact) mass is 208 g/mol. The third kappa shape index (κ3) is 2.93. The Hall–Kier alpha value is -1.20. The first-order valence-electron chi connectivity index (χ1n) is 4.55. The van der Waals surface area contributed by atoms with E-state index in [0.29, 0.717) is 11.4 Å². The quantitative estimate of drug-likeness (QED) is 0.712. The summed E-state index contributed by atoms with van der Waals surface area (Å²) >= 11 is 5.61. The summed E-state index contributed by atoms with van der Waals surface area (Å²) < 4.78 is 0. The minimum absolute atomic E-state index is 0.681. The van der Waals surface area contributed by atoms with Crippen molar-refractivity contribution in [3.8, 4) is 6.07 Å². The van der Waals surface area contributed by atoms with Gasteiger partial charge < -0.3 is 4.90 Å². The molecule has 14 heavy (non-hydrogen) atoms. The van der Waals surface area contributed by atoms with Gasteiger partial charge in [-0.2, -0.15) is 5.26 Å². The zero-order chi connectivity index (χ0) is 10.4. The number of anilines is 1. The predicted octanol–water partition coefficient (Wildman–Crippen LogP) is 2.62. The van der Waals surface area contributed by atoms with Crippen molar-refractivity contribution in [3.05, 3.63) is 29.8 Å². The van der Waals surface area contributed by atoms with Gasteiger partial charge in [0.25, 0.3) is 0 Å². The highest BCUT2D eigenvalue weighted by Crippen LogP contribution is 2.13. The lowest BCUT2D eigenvalue weighted by atomic mass is 10.2. The lowest BCUT2D eigenvalue weighted by Gasteiger charge is -2.18. The van der Waals surface area contributed by atoms with E-state index in [1.54, 1.807) is 0 Å². The molecule has 74 valence electrons. The van der Waals surface area contributed by atoms with Crippen LogP contribution in [0.4, 0.5) is 5.69 Å². The van der Waals surface area contributed by atoms with Crippen molar-refractivity contribution in [1.82, 2.24) is 0 Å². The molecule has 0 atom stereocenters. The topological polar surface area (TPSA) is 27.0 Å². The van der Waals surface area contributed by atoms with E-state index >= 15 is 0 Å². The Labute approximate surface area is 89.7 Å². The number of rotatable bonds is 4. The van der Waals surface area contributed by atoms with Gasteiger partial charge in [-0.15, -0.1) is 11.6 Å². The molecule has 0 aliphatic heterocycles. The fourth-order valence-electron chi connectivity index (χ4n) is 1.22. The van der Waals surface area contributed by atoms with Crippen LogP contribution in [0.2, 0.25) is 0 Å². The van der Waals surface area contributed by atoms with Gasteiger partial charge in [0.2, 0.25) is 0 Å². The van der Waals surface area contributed by atoms with Gasteiger partial charge in [0, 0.05) is 25.2 Å².